The maximum atomic E-state index is 12.3. The number of aromatic nitrogens is 3. The predicted octanol–water partition coefficient (Wildman–Crippen LogP) is 1.55. The fourth-order valence-corrected chi connectivity index (χ4v) is 4.56. The highest BCUT2D eigenvalue weighted by Gasteiger charge is 2.40. The molecule has 152 valence electrons. The molecule has 8 nitrogen and oxygen atoms in total. The maximum Gasteiger partial charge on any atom is 0.194 e. The third kappa shape index (κ3) is 4.19. The molecule has 1 aliphatic heterocycles. The topological polar surface area (TPSA) is 92.5 Å². The number of sulfone groups is 1. The standard InChI is InChI=1S/C19H28N6O2S/c1-5-20-18(24-10-11-28(26,27)19(3,4)14-24)23-13-16-6-7-17(22-12-16)25-9-8-21-15(25)2/h6-9,12H,5,10-11,13-14H2,1-4H3,(H,20,23). The van der Waals surface area contributed by atoms with Gasteiger partial charge in [-0.25, -0.2) is 23.4 Å². The molecule has 0 unspecified atom stereocenters. The zero-order valence-electron chi connectivity index (χ0n) is 16.9. The van der Waals surface area contributed by atoms with E-state index >= 15 is 0 Å². The Morgan fingerprint density at radius 2 is 2.11 bits per heavy atom. The summed E-state index contributed by atoms with van der Waals surface area (Å²) < 4.78 is 25.7. The van der Waals surface area contributed by atoms with E-state index in [0.717, 1.165) is 29.7 Å². The lowest BCUT2D eigenvalue weighted by molar-refractivity contribution is 0.353. The van der Waals surface area contributed by atoms with Crippen molar-refractivity contribution in [2.24, 2.45) is 4.99 Å². The molecule has 3 rings (SSSR count). The first kappa shape index (κ1) is 20.3. The molecule has 0 saturated carbocycles. The van der Waals surface area contributed by atoms with Crippen molar-refractivity contribution < 1.29 is 8.42 Å². The van der Waals surface area contributed by atoms with Crippen LogP contribution in [-0.2, 0) is 16.4 Å². The number of nitrogens with one attached hydrogen (secondary N) is 1. The largest absolute Gasteiger partial charge is 0.357 e. The lowest BCUT2D eigenvalue weighted by Crippen LogP contribution is -2.57. The van der Waals surface area contributed by atoms with Gasteiger partial charge in [0, 0.05) is 38.2 Å². The summed E-state index contributed by atoms with van der Waals surface area (Å²) >= 11 is 0. The maximum absolute atomic E-state index is 12.3. The summed E-state index contributed by atoms with van der Waals surface area (Å²) in [5, 5.41) is 3.28. The number of hydrogen-bond donors (Lipinski definition) is 1. The minimum Gasteiger partial charge on any atom is -0.357 e. The van der Waals surface area contributed by atoms with Gasteiger partial charge in [-0.3, -0.25) is 4.57 Å². The second-order valence-corrected chi connectivity index (χ2v) is 10.3. The molecule has 0 bridgehead atoms. The fraction of sp³-hybridized carbons (Fsp3) is 0.526. The molecule has 0 spiro atoms. The van der Waals surface area contributed by atoms with Crippen LogP contribution in [0.5, 0.6) is 0 Å². The van der Waals surface area contributed by atoms with Crippen molar-refractivity contribution in [3.63, 3.8) is 0 Å². The molecule has 9 heteroatoms. The van der Waals surface area contributed by atoms with Gasteiger partial charge < -0.3 is 10.2 Å². The van der Waals surface area contributed by atoms with Crippen molar-refractivity contribution in [3.05, 3.63) is 42.1 Å². The highest BCUT2D eigenvalue weighted by atomic mass is 32.2. The minimum atomic E-state index is -3.08. The summed E-state index contributed by atoms with van der Waals surface area (Å²) in [7, 11) is -3.08. The zero-order chi connectivity index (χ0) is 20.4. The Bertz CT molecular complexity index is 947. The van der Waals surface area contributed by atoms with Gasteiger partial charge in [-0.05, 0) is 39.3 Å². The van der Waals surface area contributed by atoms with Crippen LogP contribution in [0.3, 0.4) is 0 Å². The Kier molecular flexibility index (Phi) is 5.74. The molecule has 0 radical (unpaired) electrons. The lowest BCUT2D eigenvalue weighted by atomic mass is 10.2. The van der Waals surface area contributed by atoms with Gasteiger partial charge in [0.25, 0.3) is 0 Å². The molecule has 1 saturated heterocycles. The molecule has 2 aromatic rings. The molecule has 1 N–H and O–H groups in total. The Hall–Kier alpha value is -2.42. The van der Waals surface area contributed by atoms with Crippen molar-refractivity contribution in [3.8, 4) is 5.82 Å². The fourth-order valence-electron chi connectivity index (χ4n) is 3.19. The summed E-state index contributed by atoms with van der Waals surface area (Å²) in [6.45, 7) is 9.57. The van der Waals surface area contributed by atoms with E-state index in [9.17, 15) is 8.42 Å². The molecular weight excluding hydrogens is 376 g/mol. The number of rotatable bonds is 4. The number of aliphatic imine (C=N–C) groups is 1. The summed E-state index contributed by atoms with van der Waals surface area (Å²) in [5.74, 6) is 2.58. The van der Waals surface area contributed by atoms with Crippen LogP contribution >= 0.6 is 0 Å². The molecule has 3 heterocycles. The van der Waals surface area contributed by atoms with Crippen LogP contribution in [0.4, 0.5) is 0 Å². The van der Waals surface area contributed by atoms with Crippen LogP contribution in [0, 0.1) is 6.92 Å². The summed E-state index contributed by atoms with van der Waals surface area (Å²) in [5.41, 5.74) is 0.987. The van der Waals surface area contributed by atoms with Crippen molar-refractivity contribution in [1.82, 2.24) is 24.8 Å². The van der Waals surface area contributed by atoms with Crippen LogP contribution in [0.2, 0.25) is 0 Å². The molecule has 0 aliphatic carbocycles. The Morgan fingerprint density at radius 1 is 1.32 bits per heavy atom. The number of aryl methyl sites for hydroxylation is 1. The number of hydrogen-bond acceptors (Lipinski definition) is 5. The van der Waals surface area contributed by atoms with Gasteiger partial charge in [0.15, 0.2) is 15.8 Å². The smallest absolute Gasteiger partial charge is 0.194 e. The monoisotopic (exact) mass is 404 g/mol. The Morgan fingerprint density at radius 3 is 2.68 bits per heavy atom. The van der Waals surface area contributed by atoms with E-state index in [2.05, 4.69) is 15.3 Å². The first-order valence-electron chi connectivity index (χ1n) is 9.44. The summed E-state index contributed by atoms with van der Waals surface area (Å²) in [6, 6.07) is 3.95. The first-order valence-corrected chi connectivity index (χ1v) is 11.1. The van der Waals surface area contributed by atoms with E-state index in [4.69, 9.17) is 4.99 Å². The second kappa shape index (κ2) is 7.90. The molecule has 0 aromatic carbocycles. The van der Waals surface area contributed by atoms with E-state index in [1.165, 1.54) is 0 Å². The van der Waals surface area contributed by atoms with Crippen LogP contribution < -0.4 is 5.32 Å². The van der Waals surface area contributed by atoms with Gasteiger partial charge in [-0.1, -0.05) is 6.07 Å². The summed E-state index contributed by atoms with van der Waals surface area (Å²) in [4.78, 5) is 15.5. The van der Waals surface area contributed by atoms with E-state index in [0.29, 0.717) is 19.6 Å². The van der Waals surface area contributed by atoms with Gasteiger partial charge in [-0.2, -0.15) is 0 Å². The van der Waals surface area contributed by atoms with Crippen LogP contribution in [0.1, 0.15) is 32.2 Å². The van der Waals surface area contributed by atoms with E-state index < -0.39 is 14.6 Å². The van der Waals surface area contributed by atoms with Crippen molar-refractivity contribution in [2.75, 3.05) is 25.4 Å². The van der Waals surface area contributed by atoms with Gasteiger partial charge in [0.05, 0.1) is 17.0 Å². The summed E-state index contributed by atoms with van der Waals surface area (Å²) in [6.07, 6.45) is 5.44. The third-order valence-corrected chi connectivity index (χ3v) is 7.50. The van der Waals surface area contributed by atoms with Gasteiger partial charge in [0.2, 0.25) is 0 Å². The second-order valence-electron chi connectivity index (χ2n) is 7.54. The SMILES string of the molecule is CCNC(=NCc1ccc(-n2ccnc2C)nc1)N1CCS(=O)(=O)C(C)(C)C1. The molecule has 0 atom stereocenters. The molecular formula is C19H28N6O2S. The van der Waals surface area contributed by atoms with Crippen molar-refractivity contribution >= 4 is 15.8 Å². The number of guanidine groups is 1. The quantitative estimate of drug-likeness (QED) is 0.614. The van der Waals surface area contributed by atoms with E-state index in [1.54, 1.807) is 20.0 Å². The number of pyridine rings is 1. The van der Waals surface area contributed by atoms with Crippen LogP contribution in [0.15, 0.2) is 35.7 Å². The Labute approximate surface area is 166 Å². The van der Waals surface area contributed by atoms with Gasteiger partial charge >= 0.3 is 0 Å². The molecule has 1 aliphatic rings. The Balaban J connectivity index is 1.74. The lowest BCUT2D eigenvalue weighted by Gasteiger charge is -2.39. The van der Waals surface area contributed by atoms with E-state index in [1.807, 2.05) is 47.8 Å². The highest BCUT2D eigenvalue weighted by Crippen LogP contribution is 2.23. The predicted molar refractivity (Wildman–Crippen MR) is 110 cm³/mol. The van der Waals surface area contributed by atoms with Crippen LogP contribution in [-0.4, -0.2) is 63.9 Å². The van der Waals surface area contributed by atoms with Gasteiger partial charge in [0.1, 0.15) is 11.6 Å². The highest BCUT2D eigenvalue weighted by molar-refractivity contribution is 7.92. The third-order valence-electron chi connectivity index (χ3n) is 4.97. The first-order chi connectivity index (χ1) is 13.2. The average molecular weight is 405 g/mol. The molecule has 2 aromatic heterocycles. The van der Waals surface area contributed by atoms with Crippen LogP contribution in [0.25, 0.3) is 5.82 Å². The van der Waals surface area contributed by atoms with Crippen molar-refractivity contribution in [1.29, 1.82) is 0 Å². The minimum absolute atomic E-state index is 0.144. The number of imidazole rings is 1. The molecule has 0 amide bonds. The molecule has 1 fully saturated rings. The normalized spacial score (nSPS) is 18.9. The van der Waals surface area contributed by atoms with Gasteiger partial charge in [-0.15, -0.1) is 0 Å². The zero-order valence-corrected chi connectivity index (χ0v) is 17.7. The number of nitrogens with zero attached hydrogens (tertiary/aromatic N) is 5. The van der Waals surface area contributed by atoms with Crippen molar-refractivity contribution in [2.45, 2.75) is 39.0 Å². The average Bonchev–Trinajstić information content (AvgIpc) is 3.07. The molecule has 28 heavy (non-hydrogen) atoms. The van der Waals surface area contributed by atoms with E-state index in [-0.39, 0.29) is 5.75 Å².